The minimum Gasteiger partial charge on any atom is -0.488 e. The number of nitrogens with one attached hydrogen (secondary N) is 1. The molecule has 0 saturated heterocycles. The van der Waals surface area contributed by atoms with Gasteiger partial charge in [-0.05, 0) is 32.0 Å². The number of nitrogens with zero attached hydrogens (tertiary/aromatic N) is 1. The van der Waals surface area contributed by atoms with E-state index in [1.54, 1.807) is 18.2 Å². The summed E-state index contributed by atoms with van der Waals surface area (Å²) in [6.07, 6.45) is 2.03. The molecule has 21 heavy (non-hydrogen) atoms. The fourth-order valence-corrected chi connectivity index (χ4v) is 2.59. The highest BCUT2D eigenvalue weighted by Gasteiger charge is 2.25. The van der Waals surface area contributed by atoms with Gasteiger partial charge in [-0.25, -0.2) is 0 Å². The lowest BCUT2D eigenvalue weighted by molar-refractivity contribution is 0.106. The third-order valence-electron chi connectivity index (χ3n) is 3.53. The number of aliphatic hydroxyl groups excluding tert-OH is 1. The molecule has 0 bridgehead atoms. The van der Waals surface area contributed by atoms with Crippen LogP contribution < -0.4 is 10.1 Å². The summed E-state index contributed by atoms with van der Waals surface area (Å²) < 4.78 is 5.49. The molecule has 1 aromatic rings. The molecule has 1 unspecified atom stereocenters. The second-order valence-electron chi connectivity index (χ2n) is 5.43. The van der Waals surface area contributed by atoms with Crippen LogP contribution in [0.3, 0.4) is 0 Å². The molecule has 1 aliphatic carbocycles. The molecule has 0 aliphatic heterocycles. The molecule has 1 fully saturated rings. The number of benzene rings is 1. The van der Waals surface area contributed by atoms with E-state index in [0.29, 0.717) is 22.3 Å². The van der Waals surface area contributed by atoms with Crippen molar-refractivity contribution in [1.29, 1.82) is 0 Å². The topological polar surface area (TPSA) is 44.7 Å². The third kappa shape index (κ3) is 5.64. The minimum atomic E-state index is -0.594. The van der Waals surface area contributed by atoms with Crippen LogP contribution in [0.25, 0.3) is 0 Å². The molecule has 0 amide bonds. The van der Waals surface area contributed by atoms with Gasteiger partial charge in [0.1, 0.15) is 12.7 Å². The standard InChI is InChI=1S/C15H22Cl2N2O2/c1-19(11-5-6-11)8-7-18-9-12(20)10-21-15-13(16)3-2-4-14(15)17/h2-4,11-12,18,20H,5-10H2,1H3. The van der Waals surface area contributed by atoms with E-state index in [-0.39, 0.29) is 6.61 Å². The molecule has 4 nitrogen and oxygen atoms in total. The average Bonchev–Trinajstić information content (AvgIpc) is 3.27. The highest BCUT2D eigenvalue weighted by Crippen LogP contribution is 2.32. The SMILES string of the molecule is CN(CCNCC(O)COc1c(Cl)cccc1Cl)C1CC1. The zero-order valence-corrected chi connectivity index (χ0v) is 13.7. The van der Waals surface area contributed by atoms with E-state index >= 15 is 0 Å². The first-order valence-electron chi connectivity index (χ1n) is 7.23. The summed E-state index contributed by atoms with van der Waals surface area (Å²) in [5.41, 5.74) is 0. The molecule has 1 aliphatic rings. The van der Waals surface area contributed by atoms with Crippen molar-refractivity contribution < 1.29 is 9.84 Å². The lowest BCUT2D eigenvalue weighted by Crippen LogP contribution is -2.36. The van der Waals surface area contributed by atoms with E-state index in [2.05, 4.69) is 17.3 Å². The van der Waals surface area contributed by atoms with Crippen molar-refractivity contribution in [2.45, 2.75) is 25.0 Å². The Kier molecular flexibility index (Phi) is 6.58. The predicted octanol–water partition coefficient (Wildman–Crippen LogP) is 2.42. The Bertz CT molecular complexity index is 435. The molecule has 2 rings (SSSR count). The van der Waals surface area contributed by atoms with Gasteiger partial charge in [0.2, 0.25) is 0 Å². The maximum absolute atomic E-state index is 9.89. The highest BCUT2D eigenvalue weighted by atomic mass is 35.5. The molecule has 2 N–H and O–H groups in total. The van der Waals surface area contributed by atoms with Crippen LogP contribution in [-0.2, 0) is 0 Å². The van der Waals surface area contributed by atoms with E-state index in [1.807, 2.05) is 0 Å². The normalized spacial score (nSPS) is 16.2. The molecular formula is C15H22Cl2N2O2. The van der Waals surface area contributed by atoms with Gasteiger partial charge in [0.25, 0.3) is 0 Å². The molecule has 0 heterocycles. The van der Waals surface area contributed by atoms with Crippen LogP contribution in [0.2, 0.25) is 10.0 Å². The minimum absolute atomic E-state index is 0.162. The zero-order chi connectivity index (χ0) is 15.2. The Hall–Kier alpha value is -0.520. The molecule has 1 atom stereocenters. The first-order chi connectivity index (χ1) is 10.1. The number of ether oxygens (including phenoxy) is 1. The molecule has 1 saturated carbocycles. The number of para-hydroxylation sites is 1. The number of likely N-dealkylation sites (N-methyl/N-ethyl adjacent to an activating group) is 1. The van der Waals surface area contributed by atoms with Crippen molar-refractivity contribution in [1.82, 2.24) is 10.2 Å². The van der Waals surface area contributed by atoms with Gasteiger partial charge in [0.05, 0.1) is 10.0 Å². The fraction of sp³-hybridized carbons (Fsp3) is 0.600. The van der Waals surface area contributed by atoms with Gasteiger partial charge in [-0.3, -0.25) is 0 Å². The number of hydrogen-bond donors (Lipinski definition) is 2. The van der Waals surface area contributed by atoms with Gasteiger partial charge in [0, 0.05) is 25.7 Å². The average molecular weight is 333 g/mol. The Morgan fingerprint density at radius 1 is 1.38 bits per heavy atom. The quantitative estimate of drug-likeness (QED) is 0.682. The maximum atomic E-state index is 9.89. The van der Waals surface area contributed by atoms with E-state index in [9.17, 15) is 5.11 Å². The van der Waals surface area contributed by atoms with Crippen molar-refractivity contribution in [2.24, 2.45) is 0 Å². The lowest BCUT2D eigenvalue weighted by Gasteiger charge is -2.18. The van der Waals surface area contributed by atoms with Crippen LogP contribution in [0.4, 0.5) is 0 Å². The van der Waals surface area contributed by atoms with Crippen LogP contribution in [0.1, 0.15) is 12.8 Å². The Morgan fingerprint density at radius 2 is 2.05 bits per heavy atom. The lowest BCUT2D eigenvalue weighted by atomic mass is 10.3. The number of rotatable bonds is 9. The van der Waals surface area contributed by atoms with Crippen LogP contribution in [-0.4, -0.2) is 55.4 Å². The summed E-state index contributed by atoms with van der Waals surface area (Å²) in [5.74, 6) is 0.424. The summed E-state index contributed by atoms with van der Waals surface area (Å²) in [4.78, 5) is 2.35. The van der Waals surface area contributed by atoms with E-state index in [1.165, 1.54) is 12.8 Å². The largest absolute Gasteiger partial charge is 0.488 e. The Labute approximate surface area is 136 Å². The maximum Gasteiger partial charge on any atom is 0.156 e. The zero-order valence-electron chi connectivity index (χ0n) is 12.2. The molecule has 0 radical (unpaired) electrons. The summed E-state index contributed by atoms with van der Waals surface area (Å²) in [6.45, 7) is 2.50. The van der Waals surface area contributed by atoms with Gasteiger partial charge in [-0.2, -0.15) is 0 Å². The molecule has 0 aromatic heterocycles. The first-order valence-corrected chi connectivity index (χ1v) is 7.99. The Balaban J connectivity index is 1.61. The van der Waals surface area contributed by atoms with Crippen LogP contribution in [0.15, 0.2) is 18.2 Å². The number of halogens is 2. The monoisotopic (exact) mass is 332 g/mol. The molecule has 118 valence electrons. The van der Waals surface area contributed by atoms with Crippen LogP contribution in [0, 0.1) is 0 Å². The molecule has 1 aromatic carbocycles. The van der Waals surface area contributed by atoms with Crippen molar-refractivity contribution >= 4 is 23.2 Å². The molecule has 6 heteroatoms. The predicted molar refractivity (Wildman–Crippen MR) is 86.5 cm³/mol. The second-order valence-corrected chi connectivity index (χ2v) is 6.25. The van der Waals surface area contributed by atoms with E-state index in [4.69, 9.17) is 27.9 Å². The highest BCUT2D eigenvalue weighted by molar-refractivity contribution is 6.37. The fourth-order valence-electron chi connectivity index (χ4n) is 2.08. The smallest absolute Gasteiger partial charge is 0.156 e. The second kappa shape index (κ2) is 8.20. The summed E-state index contributed by atoms with van der Waals surface area (Å²) in [6, 6.07) is 5.94. The van der Waals surface area contributed by atoms with Crippen LogP contribution >= 0.6 is 23.2 Å². The van der Waals surface area contributed by atoms with Gasteiger partial charge in [0.15, 0.2) is 5.75 Å². The molecule has 0 spiro atoms. The van der Waals surface area contributed by atoms with E-state index < -0.39 is 6.10 Å². The first kappa shape index (κ1) is 16.8. The third-order valence-corrected chi connectivity index (χ3v) is 4.13. The molecular weight excluding hydrogens is 311 g/mol. The van der Waals surface area contributed by atoms with E-state index in [0.717, 1.165) is 19.1 Å². The number of hydrogen-bond acceptors (Lipinski definition) is 4. The van der Waals surface area contributed by atoms with Gasteiger partial charge in [-0.15, -0.1) is 0 Å². The summed E-state index contributed by atoms with van der Waals surface area (Å²) in [7, 11) is 2.14. The summed E-state index contributed by atoms with van der Waals surface area (Å²) >= 11 is 12.0. The van der Waals surface area contributed by atoms with Crippen molar-refractivity contribution in [3.63, 3.8) is 0 Å². The van der Waals surface area contributed by atoms with Gasteiger partial charge in [-0.1, -0.05) is 29.3 Å². The number of aliphatic hydroxyl groups is 1. The Morgan fingerprint density at radius 3 is 2.67 bits per heavy atom. The van der Waals surface area contributed by atoms with Crippen LogP contribution in [0.5, 0.6) is 5.75 Å². The van der Waals surface area contributed by atoms with Gasteiger partial charge < -0.3 is 20.1 Å². The van der Waals surface area contributed by atoms with Gasteiger partial charge >= 0.3 is 0 Å². The van der Waals surface area contributed by atoms with Crippen molar-refractivity contribution in [2.75, 3.05) is 33.3 Å². The van der Waals surface area contributed by atoms with Crippen molar-refractivity contribution in [3.8, 4) is 5.75 Å². The van der Waals surface area contributed by atoms with Crippen molar-refractivity contribution in [3.05, 3.63) is 28.2 Å². The summed E-state index contributed by atoms with van der Waals surface area (Å²) in [5, 5.41) is 14.0.